The minimum atomic E-state index is -0.498. The maximum absolute atomic E-state index is 13.4. The van der Waals surface area contributed by atoms with Crippen molar-refractivity contribution in [2.75, 3.05) is 13.1 Å². The van der Waals surface area contributed by atoms with Crippen LogP contribution in [0.4, 0.5) is 4.39 Å². The fraction of sp³-hybridized carbons (Fsp3) is 0.300. The van der Waals surface area contributed by atoms with Crippen molar-refractivity contribution in [1.82, 2.24) is 24.4 Å². The zero-order valence-corrected chi connectivity index (χ0v) is 14.8. The first-order valence-corrected chi connectivity index (χ1v) is 9.00. The molecule has 0 aliphatic carbocycles. The molecule has 4 heterocycles. The lowest BCUT2D eigenvalue weighted by atomic mass is 9.96. The first-order valence-electron chi connectivity index (χ1n) is 9.00. The van der Waals surface area contributed by atoms with Gasteiger partial charge in [-0.05, 0) is 36.6 Å². The van der Waals surface area contributed by atoms with E-state index >= 15 is 0 Å². The normalized spacial score (nSPS) is 17.1. The van der Waals surface area contributed by atoms with Crippen LogP contribution in [0.3, 0.4) is 0 Å². The van der Waals surface area contributed by atoms with Gasteiger partial charge in [-0.25, -0.2) is 9.37 Å². The number of hydrogen-bond acceptors (Lipinski definition) is 4. The second-order valence-electron chi connectivity index (χ2n) is 6.75. The third-order valence-corrected chi connectivity index (χ3v) is 4.88. The maximum atomic E-state index is 13.4. The molecule has 0 radical (unpaired) electrons. The number of halogens is 1. The molecule has 0 aromatic carbocycles. The molecule has 1 fully saturated rings. The number of piperidine rings is 1. The van der Waals surface area contributed by atoms with Gasteiger partial charge in [0.1, 0.15) is 11.6 Å². The predicted octanol–water partition coefficient (Wildman–Crippen LogP) is 2.88. The van der Waals surface area contributed by atoms with Gasteiger partial charge < -0.3 is 9.47 Å². The Balaban J connectivity index is 1.51. The zero-order chi connectivity index (χ0) is 18.6. The van der Waals surface area contributed by atoms with Gasteiger partial charge >= 0.3 is 0 Å². The van der Waals surface area contributed by atoms with Gasteiger partial charge in [0.05, 0.1) is 11.8 Å². The topological polar surface area (TPSA) is 63.9 Å². The molecule has 1 aliphatic rings. The molecule has 0 N–H and O–H groups in total. The Labute approximate surface area is 156 Å². The molecule has 7 heteroatoms. The van der Waals surface area contributed by atoms with Gasteiger partial charge in [0.25, 0.3) is 5.91 Å². The van der Waals surface area contributed by atoms with Crippen LogP contribution in [-0.4, -0.2) is 43.4 Å². The van der Waals surface area contributed by atoms with Gasteiger partial charge in [-0.3, -0.25) is 14.8 Å². The Bertz CT molecular complexity index is 927. The highest BCUT2D eigenvalue weighted by Crippen LogP contribution is 2.27. The van der Waals surface area contributed by atoms with E-state index in [1.807, 2.05) is 18.3 Å². The highest BCUT2D eigenvalue weighted by atomic mass is 19.1. The van der Waals surface area contributed by atoms with E-state index in [9.17, 15) is 9.18 Å². The number of amides is 1. The Morgan fingerprint density at radius 1 is 1.19 bits per heavy atom. The van der Waals surface area contributed by atoms with E-state index in [1.54, 1.807) is 23.5 Å². The third kappa shape index (κ3) is 3.86. The molecule has 0 bridgehead atoms. The summed E-state index contributed by atoms with van der Waals surface area (Å²) in [7, 11) is 0. The Morgan fingerprint density at radius 2 is 2.04 bits per heavy atom. The summed E-state index contributed by atoms with van der Waals surface area (Å²) < 4.78 is 15.5. The molecule has 3 aromatic rings. The molecule has 1 atom stereocenters. The van der Waals surface area contributed by atoms with Crippen molar-refractivity contribution < 1.29 is 9.18 Å². The van der Waals surface area contributed by atoms with Crippen LogP contribution in [-0.2, 0) is 6.54 Å². The monoisotopic (exact) mass is 365 g/mol. The Morgan fingerprint density at radius 3 is 2.85 bits per heavy atom. The minimum Gasteiger partial charge on any atom is -0.338 e. The summed E-state index contributed by atoms with van der Waals surface area (Å²) in [6, 6.07) is 5.21. The van der Waals surface area contributed by atoms with E-state index in [1.165, 1.54) is 12.3 Å². The molecule has 1 amide bonds. The van der Waals surface area contributed by atoms with E-state index in [0.29, 0.717) is 13.1 Å². The quantitative estimate of drug-likeness (QED) is 0.713. The second kappa shape index (κ2) is 7.65. The molecule has 0 unspecified atom stereocenters. The van der Waals surface area contributed by atoms with Crippen LogP contribution in [0.1, 0.15) is 40.5 Å². The van der Waals surface area contributed by atoms with Crippen LogP contribution in [0.5, 0.6) is 0 Å². The SMILES string of the molecule is O=C(c1cncc(F)c1)N1CCC[C@@H](c2nccn2Cc2ccncc2)C1. The number of aromatic nitrogens is 4. The Hall–Kier alpha value is -3.09. The van der Waals surface area contributed by atoms with Crippen molar-refractivity contribution in [2.24, 2.45) is 0 Å². The van der Waals surface area contributed by atoms with Crippen molar-refractivity contribution in [2.45, 2.75) is 25.3 Å². The number of nitrogens with zero attached hydrogens (tertiary/aromatic N) is 5. The van der Waals surface area contributed by atoms with Gasteiger partial charge in [-0.2, -0.15) is 0 Å². The van der Waals surface area contributed by atoms with Gasteiger partial charge in [0, 0.05) is 56.5 Å². The van der Waals surface area contributed by atoms with Crippen LogP contribution in [0.15, 0.2) is 55.4 Å². The van der Waals surface area contributed by atoms with Crippen molar-refractivity contribution in [1.29, 1.82) is 0 Å². The molecule has 0 saturated carbocycles. The van der Waals surface area contributed by atoms with Crippen LogP contribution < -0.4 is 0 Å². The molecular formula is C20H20FN5O. The molecule has 3 aromatic heterocycles. The fourth-order valence-corrected chi connectivity index (χ4v) is 3.58. The second-order valence-corrected chi connectivity index (χ2v) is 6.75. The molecule has 0 spiro atoms. The number of imidazole rings is 1. The van der Waals surface area contributed by atoms with Gasteiger partial charge in [0.15, 0.2) is 0 Å². The number of likely N-dealkylation sites (tertiary alicyclic amines) is 1. The Kier molecular flexibility index (Phi) is 4.91. The summed E-state index contributed by atoms with van der Waals surface area (Å²) in [6.07, 6.45) is 11.7. The smallest absolute Gasteiger partial charge is 0.255 e. The lowest BCUT2D eigenvalue weighted by Crippen LogP contribution is -2.39. The van der Waals surface area contributed by atoms with Crippen molar-refractivity contribution >= 4 is 5.91 Å². The third-order valence-electron chi connectivity index (χ3n) is 4.88. The average Bonchev–Trinajstić information content (AvgIpc) is 3.16. The lowest BCUT2D eigenvalue weighted by molar-refractivity contribution is 0.0702. The van der Waals surface area contributed by atoms with Gasteiger partial charge in [-0.15, -0.1) is 0 Å². The van der Waals surface area contributed by atoms with Crippen LogP contribution in [0.25, 0.3) is 0 Å². The zero-order valence-electron chi connectivity index (χ0n) is 14.8. The van der Waals surface area contributed by atoms with Gasteiger partial charge in [0.2, 0.25) is 0 Å². The summed E-state index contributed by atoms with van der Waals surface area (Å²) in [5.74, 6) is 0.448. The molecular weight excluding hydrogens is 345 g/mol. The molecule has 27 heavy (non-hydrogen) atoms. The molecule has 138 valence electrons. The average molecular weight is 365 g/mol. The molecule has 4 rings (SSSR count). The van der Waals surface area contributed by atoms with E-state index in [4.69, 9.17) is 0 Å². The standard InChI is InChI=1S/C20H20FN5O/c21-18-10-17(11-23-12-18)20(27)26-8-1-2-16(14-26)19-24-7-9-25(19)13-15-3-5-22-6-4-15/h3-7,9-12,16H,1-2,8,13-14H2/t16-/m1/s1. The maximum Gasteiger partial charge on any atom is 0.255 e. The summed E-state index contributed by atoms with van der Waals surface area (Å²) in [5.41, 5.74) is 1.44. The number of carbonyl (C=O) groups is 1. The molecule has 6 nitrogen and oxygen atoms in total. The van der Waals surface area contributed by atoms with Crippen LogP contribution in [0, 0.1) is 5.82 Å². The number of pyridine rings is 2. The van der Waals surface area contributed by atoms with Crippen LogP contribution >= 0.6 is 0 Å². The summed E-state index contributed by atoms with van der Waals surface area (Å²) in [6.45, 7) is 1.95. The highest BCUT2D eigenvalue weighted by Gasteiger charge is 2.28. The van der Waals surface area contributed by atoms with Crippen molar-refractivity contribution in [3.05, 3.63) is 78.1 Å². The summed E-state index contributed by atoms with van der Waals surface area (Å²) >= 11 is 0. The van der Waals surface area contributed by atoms with Crippen LogP contribution in [0.2, 0.25) is 0 Å². The van der Waals surface area contributed by atoms with Crippen molar-refractivity contribution in [3.8, 4) is 0 Å². The van der Waals surface area contributed by atoms with Crippen molar-refractivity contribution in [3.63, 3.8) is 0 Å². The summed E-state index contributed by atoms with van der Waals surface area (Å²) in [5, 5.41) is 0. The fourth-order valence-electron chi connectivity index (χ4n) is 3.58. The summed E-state index contributed by atoms with van der Waals surface area (Å²) in [4.78, 5) is 26.9. The molecule has 1 saturated heterocycles. The lowest BCUT2D eigenvalue weighted by Gasteiger charge is -2.32. The van der Waals surface area contributed by atoms with E-state index in [2.05, 4.69) is 19.5 Å². The molecule has 1 aliphatic heterocycles. The van der Waals surface area contributed by atoms with E-state index < -0.39 is 5.82 Å². The predicted molar refractivity (Wildman–Crippen MR) is 97.6 cm³/mol. The first-order chi connectivity index (χ1) is 13.2. The van der Waals surface area contributed by atoms with E-state index in [0.717, 1.165) is 37.0 Å². The number of carbonyl (C=O) groups excluding carboxylic acids is 1. The van der Waals surface area contributed by atoms with E-state index in [-0.39, 0.29) is 17.4 Å². The number of rotatable bonds is 4. The largest absolute Gasteiger partial charge is 0.338 e. The first kappa shape index (κ1) is 17.3. The van der Waals surface area contributed by atoms with Gasteiger partial charge in [-0.1, -0.05) is 0 Å². The highest BCUT2D eigenvalue weighted by molar-refractivity contribution is 5.94. The number of hydrogen-bond donors (Lipinski definition) is 0. The minimum absolute atomic E-state index is 0.154.